The Balaban J connectivity index is 1.84. The molecule has 0 aromatic heterocycles. The Labute approximate surface area is 121 Å². The highest BCUT2D eigenvalue weighted by Gasteiger charge is 2.25. The number of urea groups is 1. The zero-order valence-corrected chi connectivity index (χ0v) is 13.0. The monoisotopic (exact) mass is 303 g/mol. The van der Waals surface area contributed by atoms with Crippen LogP contribution in [0.1, 0.15) is 38.5 Å². The topological polar surface area (TPSA) is 69.7 Å². The molecule has 7 heteroatoms. The van der Waals surface area contributed by atoms with Gasteiger partial charge in [0.1, 0.15) is 0 Å². The average Bonchev–Trinajstić information content (AvgIpc) is 2.65. The van der Waals surface area contributed by atoms with Crippen molar-refractivity contribution in [2.75, 3.05) is 32.4 Å². The molecular formula is C13H25N3O3S. The second-order valence-electron chi connectivity index (χ2n) is 5.79. The molecule has 1 aliphatic heterocycles. The molecule has 116 valence electrons. The van der Waals surface area contributed by atoms with Gasteiger partial charge in [0.25, 0.3) is 0 Å². The number of hydrogen-bond donors (Lipinski definition) is 1. The summed E-state index contributed by atoms with van der Waals surface area (Å²) in [5, 5.41) is 3.09. The number of nitrogens with zero attached hydrogens (tertiary/aromatic N) is 2. The minimum atomic E-state index is -3.15. The van der Waals surface area contributed by atoms with Gasteiger partial charge in [-0.1, -0.05) is 19.3 Å². The fourth-order valence-electron chi connectivity index (χ4n) is 2.94. The molecule has 0 bridgehead atoms. The number of carbonyl (C=O) groups excluding carboxylic acids is 1. The maximum absolute atomic E-state index is 12.2. The van der Waals surface area contributed by atoms with Gasteiger partial charge < -0.3 is 10.2 Å². The van der Waals surface area contributed by atoms with Gasteiger partial charge in [0, 0.05) is 32.2 Å². The molecule has 1 heterocycles. The van der Waals surface area contributed by atoms with Gasteiger partial charge in [0.15, 0.2) is 0 Å². The van der Waals surface area contributed by atoms with Crippen molar-refractivity contribution in [3.05, 3.63) is 0 Å². The average molecular weight is 303 g/mol. The van der Waals surface area contributed by atoms with Gasteiger partial charge in [-0.05, 0) is 19.3 Å². The highest BCUT2D eigenvalue weighted by Crippen LogP contribution is 2.17. The normalized spacial score (nSPS) is 23.4. The SMILES string of the molecule is CS(=O)(=O)N1CCCN(C(=O)NC2CCCCC2)CC1. The van der Waals surface area contributed by atoms with Crippen LogP contribution >= 0.6 is 0 Å². The van der Waals surface area contributed by atoms with Crippen molar-refractivity contribution in [2.45, 2.75) is 44.6 Å². The Morgan fingerprint density at radius 3 is 2.35 bits per heavy atom. The molecule has 1 saturated carbocycles. The first-order valence-electron chi connectivity index (χ1n) is 7.47. The third kappa shape index (κ3) is 4.34. The van der Waals surface area contributed by atoms with E-state index < -0.39 is 10.0 Å². The van der Waals surface area contributed by atoms with Crippen molar-refractivity contribution in [3.63, 3.8) is 0 Å². The largest absolute Gasteiger partial charge is 0.335 e. The van der Waals surface area contributed by atoms with Crippen molar-refractivity contribution in [3.8, 4) is 0 Å². The zero-order valence-electron chi connectivity index (χ0n) is 12.2. The molecule has 0 spiro atoms. The number of sulfonamides is 1. The number of hydrogen-bond acceptors (Lipinski definition) is 3. The van der Waals surface area contributed by atoms with E-state index in [1.807, 2.05) is 0 Å². The standard InChI is InChI=1S/C13H25N3O3S/c1-20(18,19)16-9-5-8-15(10-11-16)13(17)14-12-6-3-2-4-7-12/h12H,2-11H2,1H3,(H,14,17). The van der Waals surface area contributed by atoms with Crippen LogP contribution in [0.25, 0.3) is 0 Å². The van der Waals surface area contributed by atoms with Gasteiger partial charge in [-0.2, -0.15) is 0 Å². The smallest absolute Gasteiger partial charge is 0.317 e. The lowest BCUT2D eigenvalue weighted by molar-refractivity contribution is 0.192. The number of rotatable bonds is 2. The summed E-state index contributed by atoms with van der Waals surface area (Å²) in [5.41, 5.74) is 0. The molecule has 6 nitrogen and oxygen atoms in total. The second-order valence-corrected chi connectivity index (χ2v) is 7.77. The number of amides is 2. The molecule has 0 aromatic rings. The fraction of sp³-hybridized carbons (Fsp3) is 0.923. The summed E-state index contributed by atoms with van der Waals surface area (Å²) >= 11 is 0. The van der Waals surface area contributed by atoms with Crippen LogP contribution in [0.15, 0.2) is 0 Å². The van der Waals surface area contributed by atoms with E-state index in [1.54, 1.807) is 4.90 Å². The molecule has 2 rings (SSSR count). The Bertz CT molecular complexity index is 432. The maximum atomic E-state index is 12.2. The third-order valence-electron chi connectivity index (χ3n) is 4.14. The summed E-state index contributed by atoms with van der Waals surface area (Å²) in [6.07, 6.45) is 7.69. The van der Waals surface area contributed by atoms with Crippen molar-refractivity contribution in [1.29, 1.82) is 0 Å². The van der Waals surface area contributed by atoms with E-state index in [1.165, 1.54) is 29.8 Å². The molecule has 2 amide bonds. The zero-order chi connectivity index (χ0) is 14.6. The quantitative estimate of drug-likeness (QED) is 0.827. The van der Waals surface area contributed by atoms with E-state index in [-0.39, 0.29) is 6.03 Å². The first-order valence-corrected chi connectivity index (χ1v) is 9.32. The van der Waals surface area contributed by atoms with Crippen LogP contribution in [0.3, 0.4) is 0 Å². The van der Waals surface area contributed by atoms with Crippen LogP contribution < -0.4 is 5.32 Å². The summed E-state index contributed by atoms with van der Waals surface area (Å²) in [7, 11) is -3.15. The van der Waals surface area contributed by atoms with Gasteiger partial charge in [0.2, 0.25) is 10.0 Å². The lowest BCUT2D eigenvalue weighted by Gasteiger charge is -2.27. The summed E-state index contributed by atoms with van der Waals surface area (Å²) in [6.45, 7) is 2.01. The Hall–Kier alpha value is -0.820. The maximum Gasteiger partial charge on any atom is 0.317 e. The van der Waals surface area contributed by atoms with E-state index >= 15 is 0 Å². The van der Waals surface area contributed by atoms with Gasteiger partial charge in [0.05, 0.1) is 6.26 Å². The molecule has 0 atom stereocenters. The van der Waals surface area contributed by atoms with E-state index in [0.717, 1.165) is 12.8 Å². The van der Waals surface area contributed by atoms with Gasteiger partial charge in [-0.15, -0.1) is 0 Å². The Morgan fingerprint density at radius 1 is 1.00 bits per heavy atom. The van der Waals surface area contributed by atoms with Gasteiger partial charge in [-0.3, -0.25) is 0 Å². The van der Waals surface area contributed by atoms with Crippen LogP contribution in [0.4, 0.5) is 4.79 Å². The molecule has 1 N–H and O–H groups in total. The molecule has 0 unspecified atom stereocenters. The fourth-order valence-corrected chi connectivity index (χ4v) is 3.82. The molecule has 0 aromatic carbocycles. The molecule has 1 aliphatic carbocycles. The van der Waals surface area contributed by atoms with E-state index in [0.29, 0.717) is 38.6 Å². The minimum absolute atomic E-state index is 0.0350. The van der Waals surface area contributed by atoms with Gasteiger partial charge >= 0.3 is 6.03 Å². The summed E-state index contributed by atoms with van der Waals surface area (Å²) in [6, 6.07) is 0.262. The van der Waals surface area contributed by atoms with E-state index in [2.05, 4.69) is 5.32 Å². The lowest BCUT2D eigenvalue weighted by atomic mass is 9.96. The Kier molecular flexibility index (Phi) is 5.26. The van der Waals surface area contributed by atoms with Crippen LogP contribution in [-0.2, 0) is 10.0 Å². The predicted molar refractivity (Wildman–Crippen MR) is 78.0 cm³/mol. The van der Waals surface area contributed by atoms with Crippen LogP contribution in [0, 0.1) is 0 Å². The summed E-state index contributed by atoms with van der Waals surface area (Å²) < 4.78 is 24.5. The molecule has 2 aliphatic rings. The molecule has 0 radical (unpaired) electrons. The first kappa shape index (κ1) is 15.6. The van der Waals surface area contributed by atoms with E-state index in [4.69, 9.17) is 0 Å². The van der Waals surface area contributed by atoms with Crippen molar-refractivity contribution >= 4 is 16.1 Å². The van der Waals surface area contributed by atoms with Crippen LogP contribution in [0.5, 0.6) is 0 Å². The molecule has 1 saturated heterocycles. The first-order chi connectivity index (χ1) is 9.47. The number of nitrogens with one attached hydrogen (secondary N) is 1. The summed E-state index contributed by atoms with van der Waals surface area (Å²) in [4.78, 5) is 14.0. The van der Waals surface area contributed by atoms with Crippen molar-refractivity contribution < 1.29 is 13.2 Å². The lowest BCUT2D eigenvalue weighted by Crippen LogP contribution is -2.46. The molecular weight excluding hydrogens is 278 g/mol. The van der Waals surface area contributed by atoms with E-state index in [9.17, 15) is 13.2 Å². The minimum Gasteiger partial charge on any atom is -0.335 e. The second kappa shape index (κ2) is 6.76. The summed E-state index contributed by atoms with van der Waals surface area (Å²) in [5.74, 6) is 0. The van der Waals surface area contributed by atoms with Crippen molar-refractivity contribution in [2.24, 2.45) is 0 Å². The van der Waals surface area contributed by atoms with Crippen LogP contribution in [-0.4, -0.2) is 62.1 Å². The van der Waals surface area contributed by atoms with Crippen molar-refractivity contribution in [1.82, 2.24) is 14.5 Å². The highest BCUT2D eigenvalue weighted by molar-refractivity contribution is 7.88. The highest BCUT2D eigenvalue weighted by atomic mass is 32.2. The van der Waals surface area contributed by atoms with Gasteiger partial charge in [-0.25, -0.2) is 17.5 Å². The Morgan fingerprint density at radius 2 is 1.70 bits per heavy atom. The molecule has 2 fully saturated rings. The molecule has 20 heavy (non-hydrogen) atoms. The number of carbonyl (C=O) groups is 1. The van der Waals surface area contributed by atoms with Crippen LogP contribution in [0.2, 0.25) is 0 Å². The third-order valence-corrected chi connectivity index (χ3v) is 5.45. The predicted octanol–water partition coefficient (Wildman–Crippen LogP) is 0.996.